The van der Waals surface area contributed by atoms with Crippen molar-refractivity contribution >= 4 is 10.0 Å². The molecule has 146 valence electrons. The fourth-order valence-corrected chi connectivity index (χ4v) is 4.67. The molecule has 1 aromatic heterocycles. The standard InChI is InChI=1S/C20H19FN2O4S/c1-2-26-16-7-9-17(10-8-16)28(24,25)23-12-11-18-19(13-23)22-27-20(18)14-3-5-15(21)6-4-14/h3-10H,2,11-13H2,1H3. The summed E-state index contributed by atoms with van der Waals surface area (Å²) >= 11 is 0. The van der Waals surface area contributed by atoms with Gasteiger partial charge in [-0.15, -0.1) is 0 Å². The lowest BCUT2D eigenvalue weighted by Crippen LogP contribution is -2.35. The molecule has 3 aromatic rings. The molecule has 0 radical (unpaired) electrons. The average Bonchev–Trinajstić information content (AvgIpc) is 3.12. The van der Waals surface area contributed by atoms with E-state index in [4.69, 9.17) is 9.26 Å². The van der Waals surface area contributed by atoms with Crippen molar-refractivity contribution < 1.29 is 22.1 Å². The summed E-state index contributed by atoms with van der Waals surface area (Å²) in [6.07, 6.45) is 0.474. The quantitative estimate of drug-likeness (QED) is 0.652. The fourth-order valence-electron chi connectivity index (χ4n) is 3.26. The maximum Gasteiger partial charge on any atom is 0.243 e. The highest BCUT2D eigenvalue weighted by molar-refractivity contribution is 7.89. The number of hydrogen-bond acceptors (Lipinski definition) is 5. The van der Waals surface area contributed by atoms with E-state index in [9.17, 15) is 12.8 Å². The highest BCUT2D eigenvalue weighted by atomic mass is 32.2. The monoisotopic (exact) mass is 402 g/mol. The molecule has 0 atom stereocenters. The summed E-state index contributed by atoms with van der Waals surface area (Å²) in [6.45, 7) is 2.84. The van der Waals surface area contributed by atoms with E-state index in [1.54, 1.807) is 36.4 Å². The lowest BCUT2D eigenvalue weighted by molar-refractivity contribution is 0.340. The van der Waals surface area contributed by atoms with Crippen LogP contribution in [0, 0.1) is 5.82 Å². The van der Waals surface area contributed by atoms with Gasteiger partial charge in [-0.1, -0.05) is 5.16 Å². The highest BCUT2D eigenvalue weighted by Gasteiger charge is 2.32. The van der Waals surface area contributed by atoms with Crippen molar-refractivity contribution in [1.29, 1.82) is 0 Å². The Morgan fingerprint density at radius 1 is 1.14 bits per heavy atom. The first kappa shape index (κ1) is 18.6. The summed E-state index contributed by atoms with van der Waals surface area (Å²) in [5.74, 6) is 0.862. The third-order valence-corrected chi connectivity index (χ3v) is 6.55. The van der Waals surface area contributed by atoms with Gasteiger partial charge in [-0.25, -0.2) is 12.8 Å². The molecule has 1 aliphatic rings. The summed E-state index contributed by atoms with van der Waals surface area (Å²) in [6, 6.07) is 12.3. The molecule has 0 amide bonds. The molecule has 2 heterocycles. The molecule has 0 aliphatic carbocycles. The van der Waals surface area contributed by atoms with Gasteiger partial charge in [0.2, 0.25) is 10.0 Å². The maximum atomic E-state index is 13.2. The van der Waals surface area contributed by atoms with E-state index >= 15 is 0 Å². The zero-order valence-electron chi connectivity index (χ0n) is 15.3. The molecule has 0 saturated carbocycles. The van der Waals surface area contributed by atoms with Gasteiger partial charge < -0.3 is 9.26 Å². The highest BCUT2D eigenvalue weighted by Crippen LogP contribution is 2.32. The van der Waals surface area contributed by atoms with E-state index in [-0.39, 0.29) is 17.3 Å². The normalized spacial score (nSPS) is 14.6. The van der Waals surface area contributed by atoms with Gasteiger partial charge in [-0.2, -0.15) is 4.31 Å². The zero-order valence-corrected chi connectivity index (χ0v) is 16.1. The largest absolute Gasteiger partial charge is 0.494 e. The fraction of sp³-hybridized carbons (Fsp3) is 0.250. The van der Waals surface area contributed by atoms with E-state index in [2.05, 4.69) is 5.16 Å². The van der Waals surface area contributed by atoms with Gasteiger partial charge in [0.25, 0.3) is 0 Å². The van der Waals surface area contributed by atoms with Crippen LogP contribution in [-0.4, -0.2) is 31.0 Å². The number of halogens is 1. The smallest absolute Gasteiger partial charge is 0.243 e. The predicted octanol–water partition coefficient (Wildman–Crippen LogP) is 3.63. The molecule has 8 heteroatoms. The third kappa shape index (κ3) is 3.41. The molecule has 6 nitrogen and oxygen atoms in total. The molecule has 0 fully saturated rings. The van der Waals surface area contributed by atoms with Crippen LogP contribution in [0.25, 0.3) is 11.3 Å². The first-order valence-electron chi connectivity index (χ1n) is 8.95. The van der Waals surface area contributed by atoms with Crippen molar-refractivity contribution in [2.45, 2.75) is 24.8 Å². The second kappa shape index (κ2) is 7.37. The molecule has 2 aromatic carbocycles. The number of aromatic nitrogens is 1. The number of ether oxygens (including phenoxy) is 1. The molecular weight excluding hydrogens is 383 g/mol. The summed E-state index contributed by atoms with van der Waals surface area (Å²) in [5, 5.41) is 4.06. The molecule has 0 saturated heterocycles. The minimum atomic E-state index is -3.65. The Hall–Kier alpha value is -2.71. The van der Waals surface area contributed by atoms with Crippen molar-refractivity contribution in [3.8, 4) is 17.1 Å². The summed E-state index contributed by atoms with van der Waals surface area (Å²) in [5.41, 5.74) is 2.17. The predicted molar refractivity (Wildman–Crippen MR) is 101 cm³/mol. The van der Waals surface area contributed by atoms with Crippen LogP contribution in [0.15, 0.2) is 57.9 Å². The Balaban J connectivity index is 1.58. The second-order valence-corrected chi connectivity index (χ2v) is 8.37. The van der Waals surface area contributed by atoms with Crippen molar-refractivity contribution in [3.63, 3.8) is 0 Å². The SMILES string of the molecule is CCOc1ccc(S(=O)(=O)N2CCc3c(noc3-c3ccc(F)cc3)C2)cc1. The number of nitrogens with zero attached hydrogens (tertiary/aromatic N) is 2. The van der Waals surface area contributed by atoms with Crippen LogP contribution in [0.4, 0.5) is 4.39 Å². The minimum absolute atomic E-state index is 0.134. The molecule has 1 aliphatic heterocycles. The Labute approximate surface area is 162 Å². The summed E-state index contributed by atoms with van der Waals surface area (Å²) in [4.78, 5) is 0.210. The number of rotatable bonds is 5. The van der Waals surface area contributed by atoms with Gasteiger partial charge in [-0.05, 0) is 61.9 Å². The van der Waals surface area contributed by atoms with Crippen molar-refractivity contribution in [2.24, 2.45) is 0 Å². The summed E-state index contributed by atoms with van der Waals surface area (Å²) in [7, 11) is -3.65. The van der Waals surface area contributed by atoms with E-state index < -0.39 is 10.0 Å². The van der Waals surface area contributed by atoms with E-state index in [1.807, 2.05) is 6.92 Å². The zero-order chi connectivity index (χ0) is 19.7. The Bertz CT molecular complexity index is 1080. The van der Waals surface area contributed by atoms with Crippen LogP contribution in [0.5, 0.6) is 5.75 Å². The average molecular weight is 402 g/mol. The van der Waals surface area contributed by atoms with Gasteiger partial charge in [0, 0.05) is 17.7 Å². The Morgan fingerprint density at radius 2 is 1.86 bits per heavy atom. The van der Waals surface area contributed by atoms with Crippen LogP contribution in [-0.2, 0) is 23.0 Å². The van der Waals surface area contributed by atoms with Gasteiger partial charge in [0.15, 0.2) is 5.76 Å². The van der Waals surface area contributed by atoms with Gasteiger partial charge in [0.05, 0.1) is 18.0 Å². The number of fused-ring (bicyclic) bond motifs is 1. The molecule has 4 rings (SSSR count). The van der Waals surface area contributed by atoms with Gasteiger partial charge >= 0.3 is 0 Å². The molecule has 0 unspecified atom stereocenters. The van der Waals surface area contributed by atoms with Gasteiger partial charge in [-0.3, -0.25) is 0 Å². The molecule has 28 heavy (non-hydrogen) atoms. The lowest BCUT2D eigenvalue weighted by atomic mass is 10.0. The Kier molecular flexibility index (Phi) is 4.91. The summed E-state index contributed by atoms with van der Waals surface area (Å²) < 4.78 is 51.3. The van der Waals surface area contributed by atoms with Crippen molar-refractivity contribution in [2.75, 3.05) is 13.2 Å². The topological polar surface area (TPSA) is 72.6 Å². The lowest BCUT2D eigenvalue weighted by Gasteiger charge is -2.25. The van der Waals surface area contributed by atoms with Crippen LogP contribution < -0.4 is 4.74 Å². The van der Waals surface area contributed by atoms with Crippen LogP contribution in [0.2, 0.25) is 0 Å². The van der Waals surface area contributed by atoms with Crippen LogP contribution >= 0.6 is 0 Å². The van der Waals surface area contributed by atoms with Crippen molar-refractivity contribution in [1.82, 2.24) is 9.46 Å². The third-order valence-electron chi connectivity index (χ3n) is 4.69. The first-order valence-corrected chi connectivity index (χ1v) is 10.4. The van der Waals surface area contributed by atoms with E-state index in [0.717, 1.165) is 11.1 Å². The van der Waals surface area contributed by atoms with Crippen LogP contribution in [0.3, 0.4) is 0 Å². The maximum absolute atomic E-state index is 13.2. The molecule has 0 N–H and O–H groups in total. The Morgan fingerprint density at radius 3 is 2.54 bits per heavy atom. The number of sulfonamides is 1. The number of benzene rings is 2. The first-order chi connectivity index (χ1) is 13.5. The molecule has 0 bridgehead atoms. The minimum Gasteiger partial charge on any atom is -0.494 e. The number of hydrogen-bond donors (Lipinski definition) is 0. The second-order valence-electron chi connectivity index (χ2n) is 6.44. The van der Waals surface area contributed by atoms with E-state index in [0.29, 0.717) is 36.8 Å². The van der Waals surface area contributed by atoms with Crippen LogP contribution in [0.1, 0.15) is 18.2 Å². The molecular formula is C20H19FN2O4S. The van der Waals surface area contributed by atoms with Gasteiger partial charge in [0.1, 0.15) is 17.3 Å². The molecule has 0 spiro atoms. The van der Waals surface area contributed by atoms with E-state index in [1.165, 1.54) is 16.4 Å². The van der Waals surface area contributed by atoms with Crippen molar-refractivity contribution in [3.05, 3.63) is 65.6 Å².